The Morgan fingerprint density at radius 2 is 2.06 bits per heavy atom. The minimum atomic E-state index is -0.0439. The lowest BCUT2D eigenvalue weighted by molar-refractivity contribution is -0.111. The van der Waals surface area contributed by atoms with Crippen LogP contribution < -0.4 is 20.3 Å². The summed E-state index contributed by atoms with van der Waals surface area (Å²) >= 11 is 0. The van der Waals surface area contributed by atoms with Gasteiger partial charge >= 0.3 is 0 Å². The van der Waals surface area contributed by atoms with Crippen LogP contribution in [0.4, 0.5) is 0 Å². The molecule has 5 nitrogen and oxygen atoms in total. The fourth-order valence-electron chi connectivity index (χ4n) is 2.22. The number of carbonyl (C=O) groups is 1. The Morgan fingerprint density at radius 3 is 2.88 bits per heavy atom. The van der Waals surface area contributed by atoms with Crippen LogP contribution in [0.15, 0.2) is 18.2 Å². The van der Waals surface area contributed by atoms with Gasteiger partial charge in [0.1, 0.15) is 19.5 Å². The third-order valence-corrected chi connectivity index (χ3v) is 3.12. The van der Waals surface area contributed by atoms with Gasteiger partial charge in [0.15, 0.2) is 11.5 Å². The molecule has 1 fully saturated rings. The van der Waals surface area contributed by atoms with Gasteiger partial charge in [-0.1, -0.05) is 6.07 Å². The van der Waals surface area contributed by atoms with Crippen molar-refractivity contribution in [1.82, 2.24) is 10.9 Å². The van der Waals surface area contributed by atoms with E-state index in [4.69, 9.17) is 9.47 Å². The molecular weight excluding hydrogens is 220 g/mol. The third kappa shape index (κ3) is 1.87. The quantitative estimate of drug-likeness (QED) is 0.726. The molecule has 0 bridgehead atoms. The van der Waals surface area contributed by atoms with Crippen molar-refractivity contribution in [3.63, 3.8) is 0 Å². The largest absolute Gasteiger partial charge is 0.486 e. The van der Waals surface area contributed by atoms with Crippen LogP contribution in [0.2, 0.25) is 0 Å². The molecule has 3 rings (SSSR count). The van der Waals surface area contributed by atoms with E-state index in [1.165, 1.54) is 0 Å². The first-order valence-corrected chi connectivity index (χ1v) is 5.72. The summed E-state index contributed by atoms with van der Waals surface area (Å²) in [6.07, 6.45) is 0.981. The van der Waals surface area contributed by atoms with E-state index < -0.39 is 0 Å². The Morgan fingerprint density at radius 1 is 1.24 bits per heavy atom. The molecule has 1 saturated heterocycles. The standard InChI is InChI=1S/C12H14N2O3/c15-7-9-6-13-14-12(9)8-1-2-10-11(5-8)17-4-3-16-10/h1-2,5,7,9,12-14H,3-4,6H2. The van der Waals surface area contributed by atoms with Crippen LogP contribution in [0.5, 0.6) is 11.5 Å². The summed E-state index contributed by atoms with van der Waals surface area (Å²) in [4.78, 5) is 10.9. The maximum atomic E-state index is 10.9. The number of carbonyl (C=O) groups excluding carboxylic acids is 1. The van der Waals surface area contributed by atoms with E-state index in [9.17, 15) is 4.79 Å². The summed E-state index contributed by atoms with van der Waals surface area (Å²) in [6, 6.07) is 5.80. The Kier molecular flexibility index (Phi) is 2.70. The molecule has 0 saturated carbocycles. The van der Waals surface area contributed by atoms with E-state index in [0.29, 0.717) is 19.8 Å². The summed E-state index contributed by atoms with van der Waals surface area (Å²) in [5.74, 6) is 1.48. The first-order chi connectivity index (χ1) is 8.38. The second-order valence-corrected chi connectivity index (χ2v) is 4.21. The second-order valence-electron chi connectivity index (χ2n) is 4.21. The lowest BCUT2D eigenvalue weighted by Gasteiger charge is -2.21. The number of nitrogens with one attached hydrogen (secondary N) is 2. The predicted octanol–water partition coefficient (Wildman–Crippen LogP) is 0.422. The first kappa shape index (κ1) is 10.6. The number of ether oxygens (including phenoxy) is 2. The zero-order valence-electron chi connectivity index (χ0n) is 9.31. The molecule has 2 atom stereocenters. The van der Waals surface area contributed by atoms with Gasteiger partial charge in [0.05, 0.1) is 6.04 Å². The van der Waals surface area contributed by atoms with Crippen molar-refractivity contribution in [2.45, 2.75) is 6.04 Å². The molecule has 17 heavy (non-hydrogen) atoms. The van der Waals surface area contributed by atoms with Crippen molar-refractivity contribution in [2.75, 3.05) is 19.8 Å². The number of hydrogen-bond donors (Lipinski definition) is 2. The smallest absolute Gasteiger partial charge is 0.161 e. The minimum Gasteiger partial charge on any atom is -0.486 e. The lowest BCUT2D eigenvalue weighted by atomic mass is 9.96. The van der Waals surface area contributed by atoms with E-state index in [1.807, 2.05) is 18.2 Å². The highest BCUT2D eigenvalue weighted by molar-refractivity contribution is 5.57. The van der Waals surface area contributed by atoms with Crippen molar-refractivity contribution >= 4 is 6.29 Å². The number of rotatable bonds is 2. The van der Waals surface area contributed by atoms with E-state index in [2.05, 4.69) is 10.9 Å². The van der Waals surface area contributed by atoms with Gasteiger partial charge in [0, 0.05) is 12.5 Å². The molecule has 2 N–H and O–H groups in total. The van der Waals surface area contributed by atoms with Crippen molar-refractivity contribution in [3.8, 4) is 11.5 Å². The zero-order chi connectivity index (χ0) is 11.7. The van der Waals surface area contributed by atoms with Crippen LogP contribution in [0.3, 0.4) is 0 Å². The summed E-state index contributed by atoms with van der Waals surface area (Å²) in [6.45, 7) is 1.82. The van der Waals surface area contributed by atoms with Gasteiger partial charge in [-0.3, -0.25) is 5.43 Å². The molecule has 1 aromatic rings. The molecular formula is C12H14N2O3. The predicted molar refractivity (Wildman–Crippen MR) is 60.9 cm³/mol. The summed E-state index contributed by atoms with van der Waals surface area (Å²) in [5, 5.41) is 0. The van der Waals surface area contributed by atoms with Crippen molar-refractivity contribution in [3.05, 3.63) is 23.8 Å². The average Bonchev–Trinajstić information content (AvgIpc) is 2.86. The highest BCUT2D eigenvalue weighted by Gasteiger charge is 2.28. The van der Waals surface area contributed by atoms with E-state index in [-0.39, 0.29) is 12.0 Å². The van der Waals surface area contributed by atoms with Gasteiger partial charge in [-0.05, 0) is 17.7 Å². The summed E-state index contributed by atoms with van der Waals surface area (Å²) in [7, 11) is 0. The summed E-state index contributed by atoms with van der Waals surface area (Å²) in [5.41, 5.74) is 7.14. The lowest BCUT2D eigenvalue weighted by Crippen LogP contribution is -2.25. The Hall–Kier alpha value is -1.59. The summed E-state index contributed by atoms with van der Waals surface area (Å²) < 4.78 is 11.0. The van der Waals surface area contributed by atoms with Gasteiger partial charge in [-0.2, -0.15) is 0 Å². The van der Waals surface area contributed by atoms with Crippen molar-refractivity contribution < 1.29 is 14.3 Å². The molecule has 0 radical (unpaired) electrons. The van der Waals surface area contributed by atoms with Gasteiger partial charge in [0.2, 0.25) is 0 Å². The first-order valence-electron chi connectivity index (χ1n) is 5.72. The fourth-order valence-corrected chi connectivity index (χ4v) is 2.22. The Bertz CT molecular complexity index is 436. The van der Waals surface area contributed by atoms with Crippen molar-refractivity contribution in [2.24, 2.45) is 5.92 Å². The van der Waals surface area contributed by atoms with Crippen LogP contribution in [-0.4, -0.2) is 26.0 Å². The Labute approximate surface area is 99.1 Å². The highest BCUT2D eigenvalue weighted by atomic mass is 16.6. The molecule has 2 aliphatic heterocycles. The van der Waals surface area contributed by atoms with Gasteiger partial charge in [-0.25, -0.2) is 5.43 Å². The second kappa shape index (κ2) is 4.35. The maximum Gasteiger partial charge on any atom is 0.161 e. The molecule has 0 amide bonds. The third-order valence-electron chi connectivity index (χ3n) is 3.12. The van der Waals surface area contributed by atoms with Gasteiger partial charge < -0.3 is 14.3 Å². The number of benzene rings is 1. The Balaban J connectivity index is 1.90. The molecule has 2 unspecified atom stereocenters. The highest BCUT2D eigenvalue weighted by Crippen LogP contribution is 2.34. The number of aldehydes is 1. The van der Waals surface area contributed by atoms with E-state index in [0.717, 1.165) is 23.3 Å². The van der Waals surface area contributed by atoms with E-state index in [1.54, 1.807) is 0 Å². The van der Waals surface area contributed by atoms with E-state index >= 15 is 0 Å². The number of hydrogen-bond acceptors (Lipinski definition) is 5. The zero-order valence-corrected chi connectivity index (χ0v) is 9.31. The molecule has 0 aromatic heterocycles. The molecule has 0 spiro atoms. The molecule has 1 aromatic carbocycles. The van der Waals surface area contributed by atoms with Crippen molar-refractivity contribution in [1.29, 1.82) is 0 Å². The minimum absolute atomic E-state index is 0.00308. The molecule has 90 valence electrons. The monoisotopic (exact) mass is 234 g/mol. The SMILES string of the molecule is O=CC1CNNC1c1ccc2c(c1)OCCO2. The van der Waals surface area contributed by atoms with Crippen LogP contribution in [0.1, 0.15) is 11.6 Å². The van der Waals surface area contributed by atoms with Crippen LogP contribution in [-0.2, 0) is 4.79 Å². The average molecular weight is 234 g/mol. The molecule has 5 heteroatoms. The number of fused-ring (bicyclic) bond motifs is 1. The van der Waals surface area contributed by atoms with Crippen LogP contribution in [0.25, 0.3) is 0 Å². The molecule has 2 heterocycles. The van der Waals surface area contributed by atoms with Gasteiger partial charge in [-0.15, -0.1) is 0 Å². The molecule has 0 aliphatic carbocycles. The van der Waals surface area contributed by atoms with Crippen LogP contribution in [0, 0.1) is 5.92 Å². The normalized spacial score (nSPS) is 26.8. The number of hydrazine groups is 1. The van der Waals surface area contributed by atoms with Crippen LogP contribution >= 0.6 is 0 Å². The topological polar surface area (TPSA) is 59.6 Å². The fraction of sp³-hybridized carbons (Fsp3) is 0.417. The molecule has 2 aliphatic rings. The van der Waals surface area contributed by atoms with Gasteiger partial charge in [0.25, 0.3) is 0 Å². The maximum absolute atomic E-state index is 10.9.